The van der Waals surface area contributed by atoms with Gasteiger partial charge in [0.1, 0.15) is 11.9 Å². The fourth-order valence-corrected chi connectivity index (χ4v) is 3.43. The topological polar surface area (TPSA) is 80.6 Å². The number of aliphatic hydroxyl groups excluding tert-OH is 1. The predicted octanol–water partition coefficient (Wildman–Crippen LogP) is 1.74. The second-order valence-corrected chi connectivity index (χ2v) is 7.04. The van der Waals surface area contributed by atoms with Crippen molar-refractivity contribution in [2.24, 2.45) is 7.05 Å². The highest BCUT2D eigenvalue weighted by Gasteiger charge is 2.18. The van der Waals surface area contributed by atoms with Crippen LogP contribution >= 0.6 is 0 Å². The first kappa shape index (κ1) is 17.5. The van der Waals surface area contributed by atoms with E-state index in [0.717, 1.165) is 5.56 Å². The second-order valence-electron chi connectivity index (χ2n) is 5.27. The van der Waals surface area contributed by atoms with Crippen molar-refractivity contribution in [3.8, 4) is 5.75 Å². The number of aryl methyl sites for hydroxylation is 2. The molecule has 0 unspecified atom stereocenters. The van der Waals surface area contributed by atoms with Crippen LogP contribution in [0.15, 0.2) is 41.4 Å². The third-order valence-corrected chi connectivity index (χ3v) is 4.97. The van der Waals surface area contributed by atoms with E-state index in [0.29, 0.717) is 18.1 Å². The Morgan fingerprint density at radius 3 is 2.65 bits per heavy atom. The molecule has 6 nitrogen and oxygen atoms in total. The van der Waals surface area contributed by atoms with Gasteiger partial charge in [-0.05, 0) is 49.7 Å². The predicted molar refractivity (Wildman–Crippen MR) is 87.9 cm³/mol. The van der Waals surface area contributed by atoms with Gasteiger partial charge in [-0.25, -0.2) is 13.1 Å². The molecule has 0 spiro atoms. The number of sulfonamides is 1. The van der Waals surface area contributed by atoms with E-state index in [1.165, 1.54) is 6.07 Å². The molecule has 0 aliphatic heterocycles. The van der Waals surface area contributed by atoms with Gasteiger partial charge in [0, 0.05) is 25.5 Å². The lowest BCUT2D eigenvalue weighted by Gasteiger charge is -2.14. The molecule has 0 radical (unpaired) electrons. The van der Waals surface area contributed by atoms with E-state index in [9.17, 15) is 13.5 Å². The lowest BCUT2D eigenvalue weighted by molar-refractivity contribution is 0.173. The normalized spacial score (nSPS) is 13.0. The maximum Gasteiger partial charge on any atom is 0.240 e. The molecule has 0 aliphatic carbocycles. The molecule has 2 N–H and O–H groups in total. The Labute approximate surface area is 136 Å². The van der Waals surface area contributed by atoms with E-state index in [4.69, 9.17) is 4.74 Å². The molecular formula is C16H22N2O4S. The highest BCUT2D eigenvalue weighted by molar-refractivity contribution is 7.89. The summed E-state index contributed by atoms with van der Waals surface area (Å²) < 4.78 is 34.3. The van der Waals surface area contributed by atoms with E-state index in [-0.39, 0.29) is 11.4 Å². The Morgan fingerprint density at radius 1 is 1.35 bits per heavy atom. The van der Waals surface area contributed by atoms with E-state index in [1.54, 1.807) is 49.0 Å². The summed E-state index contributed by atoms with van der Waals surface area (Å²) in [7, 11) is -1.89. The molecule has 2 rings (SSSR count). The molecule has 7 heteroatoms. The second kappa shape index (κ2) is 7.16. The largest absolute Gasteiger partial charge is 0.494 e. The lowest BCUT2D eigenvalue weighted by Crippen LogP contribution is -2.29. The van der Waals surface area contributed by atoms with Crippen LogP contribution in [0.2, 0.25) is 0 Å². The first-order valence-electron chi connectivity index (χ1n) is 7.37. The van der Waals surface area contributed by atoms with Crippen molar-refractivity contribution >= 4 is 10.0 Å². The molecule has 23 heavy (non-hydrogen) atoms. The van der Waals surface area contributed by atoms with Crippen LogP contribution in [0.5, 0.6) is 5.75 Å². The first-order valence-corrected chi connectivity index (χ1v) is 8.86. The summed E-state index contributed by atoms with van der Waals surface area (Å²) in [5, 5.41) is 10.1. The highest BCUT2D eigenvalue weighted by Crippen LogP contribution is 2.22. The summed E-state index contributed by atoms with van der Waals surface area (Å²) in [4.78, 5) is 0.150. The average molecular weight is 338 g/mol. The van der Waals surface area contributed by atoms with Gasteiger partial charge in [0.05, 0.1) is 11.5 Å². The van der Waals surface area contributed by atoms with Crippen molar-refractivity contribution in [2.75, 3.05) is 13.2 Å². The summed E-state index contributed by atoms with van der Waals surface area (Å²) in [6.45, 7) is 4.10. The number of aliphatic hydroxyl groups is 1. The van der Waals surface area contributed by atoms with Crippen molar-refractivity contribution in [1.82, 2.24) is 9.29 Å². The summed E-state index contributed by atoms with van der Waals surface area (Å²) in [6, 6.07) is 8.24. The third kappa shape index (κ3) is 4.13. The minimum Gasteiger partial charge on any atom is -0.494 e. The van der Waals surface area contributed by atoms with Gasteiger partial charge >= 0.3 is 0 Å². The van der Waals surface area contributed by atoms with E-state index in [2.05, 4.69) is 4.72 Å². The third-order valence-electron chi connectivity index (χ3n) is 3.55. The maximum absolute atomic E-state index is 12.3. The number of rotatable bonds is 7. The van der Waals surface area contributed by atoms with Crippen LogP contribution in [0.4, 0.5) is 0 Å². The number of benzene rings is 1. The molecule has 0 amide bonds. The Balaban J connectivity index is 2.10. The number of nitrogens with one attached hydrogen (secondary N) is 1. The molecule has 1 aromatic heterocycles. The van der Waals surface area contributed by atoms with Crippen LogP contribution in [0.1, 0.15) is 24.3 Å². The van der Waals surface area contributed by atoms with Crippen molar-refractivity contribution in [2.45, 2.75) is 24.8 Å². The Bertz CT molecular complexity index is 768. The zero-order chi connectivity index (χ0) is 17.0. The minimum atomic E-state index is -3.69. The number of nitrogens with zero attached hydrogens (tertiary/aromatic N) is 1. The van der Waals surface area contributed by atoms with Crippen molar-refractivity contribution in [3.05, 3.63) is 47.8 Å². The van der Waals surface area contributed by atoms with Gasteiger partial charge in [-0.3, -0.25) is 0 Å². The molecule has 0 bridgehead atoms. The van der Waals surface area contributed by atoms with Crippen molar-refractivity contribution < 1.29 is 18.3 Å². The van der Waals surface area contributed by atoms with Gasteiger partial charge in [0.2, 0.25) is 10.0 Å². The monoisotopic (exact) mass is 338 g/mol. The Morgan fingerprint density at radius 2 is 2.09 bits per heavy atom. The van der Waals surface area contributed by atoms with Gasteiger partial charge in [-0.2, -0.15) is 0 Å². The zero-order valence-electron chi connectivity index (χ0n) is 13.5. The zero-order valence-corrected chi connectivity index (χ0v) is 14.3. The summed E-state index contributed by atoms with van der Waals surface area (Å²) in [5.41, 5.74) is 1.40. The molecule has 1 aromatic carbocycles. The van der Waals surface area contributed by atoms with Crippen LogP contribution in [0.3, 0.4) is 0 Å². The fourth-order valence-electron chi connectivity index (χ4n) is 2.30. The van der Waals surface area contributed by atoms with Gasteiger partial charge in [0.15, 0.2) is 0 Å². The lowest BCUT2D eigenvalue weighted by atomic mass is 10.2. The molecule has 126 valence electrons. The summed E-state index contributed by atoms with van der Waals surface area (Å²) in [5.74, 6) is 0.662. The summed E-state index contributed by atoms with van der Waals surface area (Å²) in [6.07, 6.45) is 0.886. The molecule has 0 fully saturated rings. The quantitative estimate of drug-likeness (QED) is 0.806. The molecule has 0 saturated carbocycles. The maximum atomic E-state index is 12.3. The molecule has 1 heterocycles. The Hall–Kier alpha value is -1.83. The van der Waals surface area contributed by atoms with Crippen LogP contribution in [-0.4, -0.2) is 31.2 Å². The summed E-state index contributed by atoms with van der Waals surface area (Å²) >= 11 is 0. The van der Waals surface area contributed by atoms with Crippen molar-refractivity contribution in [3.63, 3.8) is 0 Å². The van der Waals surface area contributed by atoms with Gasteiger partial charge in [0.25, 0.3) is 0 Å². The number of hydrogen-bond acceptors (Lipinski definition) is 4. The minimum absolute atomic E-state index is 0.0908. The average Bonchev–Trinajstić information content (AvgIpc) is 2.93. The number of ether oxygens (including phenoxy) is 1. The van der Waals surface area contributed by atoms with E-state index >= 15 is 0 Å². The number of aromatic nitrogens is 1. The SMILES string of the molecule is CCOc1ccc(S(=O)(=O)NC[C@@H](O)c2cccn2C)cc1C. The van der Waals surface area contributed by atoms with Gasteiger partial charge in [-0.1, -0.05) is 0 Å². The van der Waals surface area contributed by atoms with E-state index in [1.807, 2.05) is 6.92 Å². The Kier molecular flexibility index (Phi) is 5.46. The van der Waals surface area contributed by atoms with Crippen molar-refractivity contribution in [1.29, 1.82) is 0 Å². The molecular weight excluding hydrogens is 316 g/mol. The van der Waals surface area contributed by atoms with Gasteiger partial charge in [-0.15, -0.1) is 0 Å². The van der Waals surface area contributed by atoms with Gasteiger partial charge < -0.3 is 14.4 Å². The standard InChI is InChI=1S/C16H22N2O4S/c1-4-22-16-8-7-13(10-12(16)2)23(20,21)17-11-15(19)14-6-5-9-18(14)3/h5-10,15,17,19H,4,11H2,1-3H3/t15-/m1/s1. The van der Waals surface area contributed by atoms with Crippen LogP contribution in [0, 0.1) is 6.92 Å². The van der Waals surface area contributed by atoms with Crippen LogP contribution in [-0.2, 0) is 17.1 Å². The molecule has 0 aliphatic rings. The first-order chi connectivity index (χ1) is 10.8. The molecule has 2 aromatic rings. The van der Waals surface area contributed by atoms with Crippen LogP contribution in [0.25, 0.3) is 0 Å². The number of hydrogen-bond donors (Lipinski definition) is 2. The molecule has 0 saturated heterocycles. The van der Waals surface area contributed by atoms with Crippen LogP contribution < -0.4 is 9.46 Å². The van der Waals surface area contributed by atoms with E-state index < -0.39 is 16.1 Å². The fraction of sp³-hybridized carbons (Fsp3) is 0.375. The highest BCUT2D eigenvalue weighted by atomic mass is 32.2. The molecule has 1 atom stereocenters. The smallest absolute Gasteiger partial charge is 0.240 e.